The zero-order valence-corrected chi connectivity index (χ0v) is 17.1. The molecule has 0 radical (unpaired) electrons. The average molecular weight is 413 g/mol. The van der Waals surface area contributed by atoms with Gasteiger partial charge in [0.05, 0.1) is 21.5 Å². The Bertz CT molecular complexity index is 928. The van der Waals surface area contributed by atoms with Crippen LogP contribution < -0.4 is 5.32 Å². The molecule has 1 atom stereocenters. The van der Waals surface area contributed by atoms with Crippen LogP contribution in [0.15, 0.2) is 47.4 Å². The summed E-state index contributed by atoms with van der Waals surface area (Å²) in [5, 5.41) is 3.01. The third-order valence-electron chi connectivity index (χ3n) is 4.14. The van der Waals surface area contributed by atoms with Crippen molar-refractivity contribution in [2.75, 3.05) is 14.1 Å². The van der Waals surface area contributed by atoms with Gasteiger partial charge in [-0.3, -0.25) is 4.79 Å². The van der Waals surface area contributed by atoms with Gasteiger partial charge in [0, 0.05) is 14.1 Å². The van der Waals surface area contributed by atoms with Crippen LogP contribution >= 0.6 is 11.6 Å². The number of hydrogen-bond donors (Lipinski definition) is 1. The molecule has 0 aromatic heterocycles. The molecule has 0 aliphatic carbocycles. The molecule has 0 saturated heterocycles. The molecule has 8 heteroatoms. The van der Waals surface area contributed by atoms with Crippen LogP contribution in [0.4, 0.5) is 4.39 Å². The zero-order valence-electron chi connectivity index (χ0n) is 15.5. The fraction of sp³-hybridized carbons (Fsp3) is 0.316. The number of benzene rings is 2. The minimum atomic E-state index is -3.70. The van der Waals surface area contributed by atoms with Crippen molar-refractivity contribution in [3.05, 3.63) is 64.4 Å². The zero-order chi connectivity index (χ0) is 20.4. The first-order valence-corrected chi connectivity index (χ1v) is 10.1. The predicted molar refractivity (Wildman–Crippen MR) is 104 cm³/mol. The van der Waals surface area contributed by atoms with Crippen molar-refractivity contribution in [2.45, 2.75) is 24.8 Å². The summed E-state index contributed by atoms with van der Waals surface area (Å²) in [5.41, 5.74) is 0.806. The molecule has 0 heterocycles. The number of hydrogen-bond acceptors (Lipinski definition) is 3. The molecular weight excluding hydrogens is 391 g/mol. The molecule has 2 rings (SSSR count). The van der Waals surface area contributed by atoms with Gasteiger partial charge < -0.3 is 5.32 Å². The first-order valence-electron chi connectivity index (χ1n) is 8.32. The maximum absolute atomic E-state index is 13.2. The molecule has 0 aliphatic heterocycles. The highest BCUT2D eigenvalue weighted by atomic mass is 35.5. The largest absolute Gasteiger partial charge is 0.345 e. The third-order valence-corrected chi connectivity index (χ3v) is 6.28. The van der Waals surface area contributed by atoms with E-state index in [4.69, 9.17) is 11.6 Å². The summed E-state index contributed by atoms with van der Waals surface area (Å²) in [7, 11) is -0.879. The van der Waals surface area contributed by atoms with Crippen LogP contribution in [-0.2, 0) is 10.0 Å². The van der Waals surface area contributed by atoms with E-state index in [2.05, 4.69) is 5.32 Å². The van der Waals surface area contributed by atoms with Gasteiger partial charge in [0.15, 0.2) is 0 Å². The van der Waals surface area contributed by atoms with E-state index in [0.717, 1.165) is 9.87 Å². The second-order valence-corrected chi connectivity index (χ2v) is 9.23. The van der Waals surface area contributed by atoms with Crippen molar-refractivity contribution in [2.24, 2.45) is 5.92 Å². The van der Waals surface area contributed by atoms with E-state index in [9.17, 15) is 17.6 Å². The summed E-state index contributed by atoms with van der Waals surface area (Å²) >= 11 is 6.13. The number of rotatable bonds is 6. The number of carbonyl (C=O) groups is 1. The predicted octanol–water partition coefficient (Wildman–Crippen LogP) is 3.86. The maximum atomic E-state index is 13.2. The minimum absolute atomic E-state index is 0.0203. The lowest BCUT2D eigenvalue weighted by Gasteiger charge is -2.23. The Balaban J connectivity index is 2.37. The Kier molecular flexibility index (Phi) is 6.62. The molecule has 27 heavy (non-hydrogen) atoms. The highest BCUT2D eigenvalue weighted by molar-refractivity contribution is 7.89. The number of sulfonamides is 1. The molecule has 1 amide bonds. The third kappa shape index (κ3) is 4.86. The smallest absolute Gasteiger partial charge is 0.253 e. The van der Waals surface area contributed by atoms with E-state index >= 15 is 0 Å². The Labute approximate surface area is 164 Å². The van der Waals surface area contributed by atoms with Crippen molar-refractivity contribution >= 4 is 27.5 Å². The lowest BCUT2D eigenvalue weighted by molar-refractivity contribution is 0.0925. The number of nitrogens with one attached hydrogen (secondary N) is 1. The molecule has 5 nitrogen and oxygen atoms in total. The van der Waals surface area contributed by atoms with Gasteiger partial charge in [-0.25, -0.2) is 17.1 Å². The van der Waals surface area contributed by atoms with E-state index in [1.807, 2.05) is 13.8 Å². The molecule has 0 spiro atoms. The monoisotopic (exact) mass is 412 g/mol. The molecule has 1 N–H and O–H groups in total. The molecule has 2 aromatic carbocycles. The fourth-order valence-electron chi connectivity index (χ4n) is 2.57. The molecule has 2 aromatic rings. The normalized spacial score (nSPS) is 13.0. The Hall–Kier alpha value is -1.96. The summed E-state index contributed by atoms with van der Waals surface area (Å²) in [6.45, 7) is 3.84. The van der Waals surface area contributed by atoms with Gasteiger partial charge in [-0.2, -0.15) is 0 Å². The molecule has 146 valence electrons. The summed E-state index contributed by atoms with van der Waals surface area (Å²) in [5.74, 6) is -0.845. The van der Waals surface area contributed by atoms with Crippen LogP contribution in [-0.4, -0.2) is 32.7 Å². The van der Waals surface area contributed by atoms with Gasteiger partial charge >= 0.3 is 0 Å². The van der Waals surface area contributed by atoms with Gasteiger partial charge in [0.1, 0.15) is 5.82 Å². The molecule has 0 aliphatic rings. The van der Waals surface area contributed by atoms with Gasteiger partial charge in [-0.05, 0) is 41.8 Å². The SMILES string of the molecule is CC(C)[C@@H](NC(=O)c1cc(S(=O)(=O)N(C)C)ccc1Cl)c1ccc(F)cc1. The summed E-state index contributed by atoms with van der Waals surface area (Å²) in [4.78, 5) is 12.8. The average Bonchev–Trinajstić information content (AvgIpc) is 2.60. The van der Waals surface area contributed by atoms with E-state index in [1.54, 1.807) is 12.1 Å². The van der Waals surface area contributed by atoms with Crippen molar-refractivity contribution in [3.8, 4) is 0 Å². The Morgan fingerprint density at radius 3 is 2.22 bits per heavy atom. The van der Waals surface area contributed by atoms with Crippen LogP contribution in [0.3, 0.4) is 0 Å². The van der Waals surface area contributed by atoms with Crippen molar-refractivity contribution in [1.29, 1.82) is 0 Å². The quantitative estimate of drug-likeness (QED) is 0.783. The van der Waals surface area contributed by atoms with Crippen LogP contribution in [0.25, 0.3) is 0 Å². The number of amides is 1. The molecular formula is C19H22ClFN2O3S. The summed E-state index contributed by atoms with van der Waals surface area (Å²) in [6.07, 6.45) is 0. The summed E-state index contributed by atoms with van der Waals surface area (Å²) in [6, 6.07) is 9.48. The highest BCUT2D eigenvalue weighted by Gasteiger charge is 2.24. The summed E-state index contributed by atoms with van der Waals surface area (Å²) < 4.78 is 38.9. The van der Waals surface area contributed by atoms with Crippen molar-refractivity contribution in [1.82, 2.24) is 9.62 Å². The number of nitrogens with zero attached hydrogens (tertiary/aromatic N) is 1. The second kappa shape index (κ2) is 8.37. The van der Waals surface area contributed by atoms with Crippen LogP contribution in [0.1, 0.15) is 35.8 Å². The van der Waals surface area contributed by atoms with E-state index in [1.165, 1.54) is 44.4 Å². The molecule has 0 saturated carbocycles. The van der Waals surface area contributed by atoms with Gasteiger partial charge in [-0.15, -0.1) is 0 Å². The number of carbonyl (C=O) groups excluding carboxylic acids is 1. The standard InChI is InChI=1S/C19H22ClFN2O3S/c1-12(2)18(13-5-7-14(21)8-6-13)22-19(24)16-11-15(9-10-17(16)20)27(25,26)23(3)4/h5-12,18H,1-4H3,(H,22,24)/t18-/m1/s1. The lowest BCUT2D eigenvalue weighted by Crippen LogP contribution is -2.32. The second-order valence-electron chi connectivity index (χ2n) is 6.68. The Morgan fingerprint density at radius 1 is 1.11 bits per heavy atom. The first-order chi connectivity index (χ1) is 12.5. The minimum Gasteiger partial charge on any atom is -0.345 e. The van der Waals surface area contributed by atoms with Crippen LogP contribution in [0, 0.1) is 11.7 Å². The topological polar surface area (TPSA) is 66.5 Å². The van der Waals surface area contributed by atoms with Crippen LogP contribution in [0.2, 0.25) is 5.02 Å². The molecule has 0 fully saturated rings. The Morgan fingerprint density at radius 2 is 1.70 bits per heavy atom. The van der Waals surface area contributed by atoms with Gasteiger partial charge in [0.25, 0.3) is 5.91 Å². The van der Waals surface area contributed by atoms with Crippen molar-refractivity contribution in [3.63, 3.8) is 0 Å². The molecule has 0 bridgehead atoms. The highest BCUT2D eigenvalue weighted by Crippen LogP contribution is 2.26. The van der Waals surface area contributed by atoms with Gasteiger partial charge in [0.2, 0.25) is 10.0 Å². The van der Waals surface area contributed by atoms with Crippen molar-refractivity contribution < 1.29 is 17.6 Å². The number of halogens is 2. The van der Waals surface area contributed by atoms with Gasteiger partial charge in [-0.1, -0.05) is 37.6 Å². The lowest BCUT2D eigenvalue weighted by atomic mass is 9.95. The molecule has 0 unspecified atom stereocenters. The van der Waals surface area contributed by atoms with E-state index in [0.29, 0.717) is 0 Å². The van der Waals surface area contributed by atoms with Crippen LogP contribution in [0.5, 0.6) is 0 Å². The first kappa shape index (κ1) is 21.3. The van der Waals surface area contributed by atoms with E-state index in [-0.39, 0.29) is 33.3 Å². The van der Waals surface area contributed by atoms with E-state index < -0.39 is 15.9 Å². The fourth-order valence-corrected chi connectivity index (χ4v) is 3.71. The maximum Gasteiger partial charge on any atom is 0.253 e.